The number of hydrogen-bond donors (Lipinski definition) is 1. The quantitative estimate of drug-likeness (QED) is 0.904. The van der Waals surface area contributed by atoms with Crippen molar-refractivity contribution in [3.63, 3.8) is 0 Å². The zero-order valence-corrected chi connectivity index (χ0v) is 13.4. The third-order valence-electron chi connectivity index (χ3n) is 4.20. The molecule has 0 spiro atoms. The minimum atomic E-state index is -0.357. The number of halogens is 1. The Balaban J connectivity index is 1.85. The van der Waals surface area contributed by atoms with Gasteiger partial charge < -0.3 is 10.0 Å². The van der Waals surface area contributed by atoms with Gasteiger partial charge in [-0.25, -0.2) is 0 Å². The maximum atomic E-state index is 10.3. The van der Waals surface area contributed by atoms with Gasteiger partial charge in [0.2, 0.25) is 0 Å². The van der Waals surface area contributed by atoms with Crippen molar-refractivity contribution in [3.05, 3.63) is 34.3 Å². The molecular formula is C16H24BrNO. The average molecular weight is 326 g/mol. The molecule has 3 atom stereocenters. The van der Waals surface area contributed by atoms with Crippen LogP contribution in [0.2, 0.25) is 0 Å². The van der Waals surface area contributed by atoms with Gasteiger partial charge in [-0.2, -0.15) is 0 Å². The van der Waals surface area contributed by atoms with Gasteiger partial charge >= 0.3 is 0 Å². The lowest BCUT2D eigenvalue weighted by atomic mass is 9.93. The lowest BCUT2D eigenvalue weighted by Crippen LogP contribution is -2.41. The standard InChI is InChI=1S/C16H24BrNO/c1-12-6-8-18(13(2)10-12)9-7-16(19)14-4-3-5-15(17)11-14/h3-5,11-13,16,19H,6-10H2,1-2H3. The van der Waals surface area contributed by atoms with Crippen molar-refractivity contribution in [2.45, 2.75) is 45.3 Å². The molecule has 1 saturated heterocycles. The summed E-state index contributed by atoms with van der Waals surface area (Å²) < 4.78 is 1.03. The molecular weight excluding hydrogens is 302 g/mol. The second-order valence-electron chi connectivity index (χ2n) is 5.87. The number of benzene rings is 1. The summed E-state index contributed by atoms with van der Waals surface area (Å²) in [5.41, 5.74) is 1.01. The predicted molar refractivity (Wildman–Crippen MR) is 83.2 cm³/mol. The lowest BCUT2D eigenvalue weighted by Gasteiger charge is -2.36. The molecule has 106 valence electrons. The third-order valence-corrected chi connectivity index (χ3v) is 4.69. The van der Waals surface area contributed by atoms with E-state index in [0.29, 0.717) is 6.04 Å². The fraction of sp³-hybridized carbons (Fsp3) is 0.625. The zero-order valence-electron chi connectivity index (χ0n) is 11.8. The molecule has 1 N–H and O–H groups in total. The third kappa shape index (κ3) is 4.30. The summed E-state index contributed by atoms with van der Waals surface area (Å²) in [7, 11) is 0. The van der Waals surface area contributed by atoms with E-state index < -0.39 is 0 Å². The van der Waals surface area contributed by atoms with Gasteiger partial charge in [0, 0.05) is 17.1 Å². The van der Waals surface area contributed by atoms with Gasteiger partial charge in [0.25, 0.3) is 0 Å². The molecule has 1 aliphatic rings. The number of hydrogen-bond acceptors (Lipinski definition) is 2. The van der Waals surface area contributed by atoms with Gasteiger partial charge in [-0.15, -0.1) is 0 Å². The molecule has 2 rings (SSSR count). The van der Waals surface area contributed by atoms with E-state index in [-0.39, 0.29) is 6.10 Å². The maximum Gasteiger partial charge on any atom is 0.0802 e. The molecule has 0 bridgehead atoms. The number of nitrogens with zero attached hydrogens (tertiary/aromatic N) is 1. The molecule has 0 radical (unpaired) electrons. The van der Waals surface area contributed by atoms with Crippen molar-refractivity contribution < 1.29 is 5.11 Å². The Hall–Kier alpha value is -0.380. The summed E-state index contributed by atoms with van der Waals surface area (Å²) >= 11 is 3.45. The Labute approximate surface area is 124 Å². The molecule has 3 unspecified atom stereocenters. The summed E-state index contributed by atoms with van der Waals surface area (Å²) in [6, 6.07) is 8.63. The second-order valence-corrected chi connectivity index (χ2v) is 6.79. The van der Waals surface area contributed by atoms with Crippen LogP contribution in [0.15, 0.2) is 28.7 Å². The number of likely N-dealkylation sites (tertiary alicyclic amines) is 1. The summed E-state index contributed by atoms with van der Waals surface area (Å²) in [4.78, 5) is 2.52. The Morgan fingerprint density at radius 3 is 2.89 bits per heavy atom. The topological polar surface area (TPSA) is 23.5 Å². The summed E-state index contributed by atoms with van der Waals surface area (Å²) in [6.07, 6.45) is 3.03. The molecule has 1 aromatic carbocycles. The Bertz CT molecular complexity index is 409. The highest BCUT2D eigenvalue weighted by atomic mass is 79.9. The van der Waals surface area contributed by atoms with Crippen LogP contribution in [0.5, 0.6) is 0 Å². The summed E-state index contributed by atoms with van der Waals surface area (Å²) in [6.45, 7) is 6.81. The van der Waals surface area contributed by atoms with Gasteiger partial charge in [0.15, 0.2) is 0 Å². The molecule has 1 aliphatic heterocycles. The SMILES string of the molecule is CC1CCN(CCC(O)c2cccc(Br)c2)C(C)C1. The number of piperidine rings is 1. The summed E-state index contributed by atoms with van der Waals surface area (Å²) in [5.74, 6) is 0.848. The molecule has 0 saturated carbocycles. The zero-order chi connectivity index (χ0) is 13.8. The maximum absolute atomic E-state index is 10.3. The van der Waals surface area contributed by atoms with Crippen LogP contribution in [0.1, 0.15) is 44.8 Å². The van der Waals surface area contributed by atoms with E-state index in [1.54, 1.807) is 0 Å². The molecule has 1 aromatic rings. The second kappa shape index (κ2) is 6.87. The van der Waals surface area contributed by atoms with Crippen LogP contribution in [-0.2, 0) is 0 Å². The van der Waals surface area contributed by atoms with Crippen molar-refractivity contribution >= 4 is 15.9 Å². The first-order valence-corrected chi connectivity index (χ1v) is 8.03. The lowest BCUT2D eigenvalue weighted by molar-refractivity contribution is 0.0941. The van der Waals surface area contributed by atoms with E-state index in [2.05, 4.69) is 34.7 Å². The van der Waals surface area contributed by atoms with E-state index in [9.17, 15) is 5.11 Å². The van der Waals surface area contributed by atoms with E-state index in [1.807, 2.05) is 24.3 Å². The van der Waals surface area contributed by atoms with E-state index in [4.69, 9.17) is 0 Å². The fourth-order valence-electron chi connectivity index (χ4n) is 2.96. The molecule has 0 aliphatic carbocycles. The molecule has 1 heterocycles. The minimum absolute atomic E-state index is 0.357. The normalized spacial score (nSPS) is 26.3. The van der Waals surface area contributed by atoms with Crippen LogP contribution in [0.4, 0.5) is 0 Å². The van der Waals surface area contributed by atoms with E-state index in [1.165, 1.54) is 19.4 Å². The van der Waals surface area contributed by atoms with Crippen LogP contribution in [0, 0.1) is 5.92 Å². The molecule has 19 heavy (non-hydrogen) atoms. The number of aliphatic hydroxyl groups is 1. The van der Waals surface area contributed by atoms with Crippen LogP contribution in [-0.4, -0.2) is 29.1 Å². The van der Waals surface area contributed by atoms with Crippen LogP contribution in [0.3, 0.4) is 0 Å². The van der Waals surface area contributed by atoms with Crippen molar-refractivity contribution in [2.75, 3.05) is 13.1 Å². The first kappa shape index (κ1) is 15.0. The molecule has 3 heteroatoms. The van der Waals surface area contributed by atoms with Crippen LogP contribution >= 0.6 is 15.9 Å². The van der Waals surface area contributed by atoms with E-state index >= 15 is 0 Å². The van der Waals surface area contributed by atoms with Crippen molar-refractivity contribution in [3.8, 4) is 0 Å². The molecule has 1 fully saturated rings. The van der Waals surface area contributed by atoms with Crippen molar-refractivity contribution in [1.29, 1.82) is 0 Å². The number of rotatable bonds is 4. The van der Waals surface area contributed by atoms with Gasteiger partial charge in [-0.1, -0.05) is 35.0 Å². The number of aliphatic hydroxyl groups excluding tert-OH is 1. The smallest absolute Gasteiger partial charge is 0.0802 e. The Morgan fingerprint density at radius 1 is 1.42 bits per heavy atom. The largest absolute Gasteiger partial charge is 0.388 e. The Kier molecular flexibility index (Phi) is 5.43. The molecule has 0 amide bonds. The Morgan fingerprint density at radius 2 is 2.21 bits per heavy atom. The fourth-order valence-corrected chi connectivity index (χ4v) is 3.37. The van der Waals surface area contributed by atoms with Gasteiger partial charge in [-0.05, 0) is 56.3 Å². The average Bonchev–Trinajstić information content (AvgIpc) is 2.37. The highest BCUT2D eigenvalue weighted by Gasteiger charge is 2.23. The van der Waals surface area contributed by atoms with Gasteiger partial charge in [0.05, 0.1) is 6.10 Å². The first-order valence-electron chi connectivity index (χ1n) is 7.24. The molecule has 0 aromatic heterocycles. The van der Waals surface area contributed by atoms with Crippen LogP contribution < -0.4 is 0 Å². The highest BCUT2D eigenvalue weighted by molar-refractivity contribution is 9.10. The van der Waals surface area contributed by atoms with Crippen molar-refractivity contribution in [2.24, 2.45) is 5.92 Å². The summed E-state index contributed by atoms with van der Waals surface area (Å²) in [5, 5.41) is 10.3. The predicted octanol–water partition coefficient (Wildman–Crippen LogP) is 3.99. The first-order chi connectivity index (χ1) is 9.06. The van der Waals surface area contributed by atoms with E-state index in [0.717, 1.165) is 28.9 Å². The van der Waals surface area contributed by atoms with Gasteiger partial charge in [0.1, 0.15) is 0 Å². The minimum Gasteiger partial charge on any atom is -0.388 e. The van der Waals surface area contributed by atoms with Crippen molar-refractivity contribution in [1.82, 2.24) is 4.90 Å². The molecule has 2 nitrogen and oxygen atoms in total. The monoisotopic (exact) mass is 325 g/mol. The highest BCUT2D eigenvalue weighted by Crippen LogP contribution is 2.25. The van der Waals surface area contributed by atoms with Gasteiger partial charge in [-0.3, -0.25) is 0 Å². The van der Waals surface area contributed by atoms with Crippen LogP contribution in [0.25, 0.3) is 0 Å².